The lowest BCUT2D eigenvalue weighted by molar-refractivity contribution is -0.123. The number of benzene rings is 2. The van der Waals surface area contributed by atoms with E-state index in [1.807, 2.05) is 30.3 Å². The Morgan fingerprint density at radius 2 is 2.03 bits per heavy atom. The van der Waals surface area contributed by atoms with Gasteiger partial charge in [0.05, 0.1) is 17.3 Å². The molecule has 0 atom stereocenters. The number of carbonyl (C=O) groups excluding carboxylic acids is 2. The molecule has 0 radical (unpaired) electrons. The molecule has 1 saturated carbocycles. The van der Waals surface area contributed by atoms with Crippen LogP contribution < -0.4 is 19.7 Å². The van der Waals surface area contributed by atoms with Crippen LogP contribution in [-0.2, 0) is 9.59 Å². The van der Waals surface area contributed by atoms with Crippen LogP contribution in [0.2, 0.25) is 0 Å². The number of hydrogen-bond donors (Lipinski definition) is 1. The summed E-state index contributed by atoms with van der Waals surface area (Å²) in [5, 5.41) is 3.05. The fourth-order valence-corrected chi connectivity index (χ4v) is 4.39. The molecule has 156 valence electrons. The Balaban J connectivity index is 1.60. The second-order valence-electron chi connectivity index (χ2n) is 7.41. The molecule has 1 fully saturated rings. The molecule has 1 aliphatic carbocycles. The van der Waals surface area contributed by atoms with Crippen LogP contribution in [0, 0.1) is 0 Å². The number of rotatable bonds is 5. The number of para-hydroxylation sites is 2. The molecule has 4 rings (SSSR count). The predicted molar refractivity (Wildman–Crippen MR) is 118 cm³/mol. The van der Waals surface area contributed by atoms with Gasteiger partial charge in [0.25, 0.3) is 5.91 Å². The van der Waals surface area contributed by atoms with Crippen molar-refractivity contribution in [3.05, 3.63) is 58.3 Å². The maximum Gasteiger partial charge on any atom is 0.294 e. The Morgan fingerprint density at radius 1 is 1.27 bits per heavy atom. The quantitative estimate of drug-likeness (QED) is 0.662. The molecule has 1 heterocycles. The maximum absolute atomic E-state index is 13.2. The molecule has 0 unspecified atom stereocenters. The van der Waals surface area contributed by atoms with Crippen molar-refractivity contribution in [3.63, 3.8) is 0 Å². The van der Waals surface area contributed by atoms with Crippen molar-refractivity contribution in [2.24, 2.45) is 0 Å². The first-order valence-corrected chi connectivity index (χ1v) is 10.8. The molecule has 2 aliphatic rings. The van der Waals surface area contributed by atoms with Gasteiger partial charge in [-0.2, -0.15) is 0 Å². The molecule has 1 aliphatic heterocycles. The summed E-state index contributed by atoms with van der Waals surface area (Å²) < 4.78 is 11.9. The van der Waals surface area contributed by atoms with Gasteiger partial charge in [-0.1, -0.05) is 31.0 Å². The Morgan fingerprint density at radius 3 is 2.77 bits per heavy atom. The van der Waals surface area contributed by atoms with E-state index < -0.39 is 0 Å². The summed E-state index contributed by atoms with van der Waals surface area (Å²) in [5.74, 6) is 0.910. The number of amides is 2. The molecule has 6 nitrogen and oxygen atoms in total. The Labute approximate surface area is 184 Å². The number of halogens is 1. The van der Waals surface area contributed by atoms with Gasteiger partial charge in [0.2, 0.25) is 5.91 Å². The molecule has 30 heavy (non-hydrogen) atoms. The first-order chi connectivity index (χ1) is 14.5. The van der Waals surface area contributed by atoms with Gasteiger partial charge in [0.15, 0.2) is 11.5 Å². The molecule has 1 N–H and O–H groups in total. The van der Waals surface area contributed by atoms with Gasteiger partial charge in [-0.15, -0.1) is 0 Å². The molecule has 0 aromatic heterocycles. The van der Waals surface area contributed by atoms with E-state index in [0.717, 1.165) is 35.7 Å². The van der Waals surface area contributed by atoms with Gasteiger partial charge in [-0.3, -0.25) is 14.5 Å². The molecule has 0 spiro atoms. The van der Waals surface area contributed by atoms with Crippen LogP contribution in [0.3, 0.4) is 0 Å². The lowest BCUT2D eigenvalue weighted by Gasteiger charge is -2.30. The summed E-state index contributed by atoms with van der Waals surface area (Å²) in [5.41, 5.74) is 1.37. The third-order valence-corrected chi connectivity index (χ3v) is 5.95. The summed E-state index contributed by atoms with van der Waals surface area (Å²) >= 11 is 3.46. The highest BCUT2D eigenvalue weighted by Crippen LogP contribution is 2.36. The fraction of sp³-hybridized carbons (Fsp3) is 0.304. The van der Waals surface area contributed by atoms with E-state index in [9.17, 15) is 9.59 Å². The van der Waals surface area contributed by atoms with Gasteiger partial charge in [-0.05, 0) is 64.7 Å². The van der Waals surface area contributed by atoms with Crippen molar-refractivity contribution in [3.8, 4) is 11.5 Å². The summed E-state index contributed by atoms with van der Waals surface area (Å²) in [6.07, 6.45) is 5.93. The van der Waals surface area contributed by atoms with Gasteiger partial charge < -0.3 is 14.8 Å². The Bertz CT molecular complexity index is 998. The van der Waals surface area contributed by atoms with Crippen LogP contribution in [-0.4, -0.2) is 31.5 Å². The minimum atomic E-state index is -0.345. The Kier molecular flexibility index (Phi) is 6.08. The van der Waals surface area contributed by atoms with Crippen LogP contribution in [0.1, 0.15) is 31.2 Å². The van der Waals surface area contributed by atoms with Crippen molar-refractivity contribution >= 4 is 39.5 Å². The third-order valence-electron chi connectivity index (χ3n) is 5.33. The predicted octanol–water partition coefficient (Wildman–Crippen LogP) is 4.28. The number of fused-ring (bicyclic) bond motifs is 1. The topological polar surface area (TPSA) is 67.9 Å². The van der Waals surface area contributed by atoms with Gasteiger partial charge in [0.1, 0.15) is 12.3 Å². The minimum Gasteiger partial charge on any atom is -0.496 e. The molecule has 0 bridgehead atoms. The monoisotopic (exact) mass is 470 g/mol. The van der Waals surface area contributed by atoms with Gasteiger partial charge in [0, 0.05) is 6.04 Å². The first kappa shape index (κ1) is 20.5. The number of ether oxygens (including phenoxy) is 2. The highest BCUT2D eigenvalue weighted by molar-refractivity contribution is 9.10. The number of hydrogen-bond acceptors (Lipinski definition) is 4. The van der Waals surface area contributed by atoms with Crippen LogP contribution in [0.5, 0.6) is 11.5 Å². The van der Waals surface area contributed by atoms with Crippen molar-refractivity contribution in [2.75, 3.05) is 18.6 Å². The number of anilines is 1. The maximum atomic E-state index is 13.2. The SMILES string of the molecule is COc1ccc(/C=C2/Oc3ccccc3N(CC(=O)NC3CCCC3)C2=O)cc1Br. The minimum absolute atomic E-state index is 0.0423. The standard InChI is InChI=1S/C23H23BrN2O4/c1-29-19-11-10-15(12-17(19)24)13-21-23(28)26(18-8-4-5-9-20(18)30-21)14-22(27)25-16-6-2-3-7-16/h4-5,8-13,16H,2-3,6-7,14H2,1H3,(H,25,27)/b21-13+. The number of nitrogens with one attached hydrogen (secondary N) is 1. The van der Waals surface area contributed by atoms with E-state index in [1.165, 1.54) is 4.90 Å². The highest BCUT2D eigenvalue weighted by atomic mass is 79.9. The van der Waals surface area contributed by atoms with Gasteiger partial charge in [-0.25, -0.2) is 0 Å². The zero-order valence-corrected chi connectivity index (χ0v) is 18.3. The smallest absolute Gasteiger partial charge is 0.294 e. The lowest BCUT2D eigenvalue weighted by Crippen LogP contribution is -2.46. The van der Waals surface area contributed by atoms with Crippen molar-refractivity contribution in [1.82, 2.24) is 5.32 Å². The molecule has 2 aromatic carbocycles. The largest absolute Gasteiger partial charge is 0.496 e. The summed E-state index contributed by atoms with van der Waals surface area (Å²) in [4.78, 5) is 27.3. The molecular weight excluding hydrogens is 448 g/mol. The molecule has 0 saturated heterocycles. The van der Waals surface area contributed by atoms with E-state index in [1.54, 1.807) is 25.3 Å². The zero-order valence-electron chi connectivity index (χ0n) is 16.7. The lowest BCUT2D eigenvalue weighted by atomic mass is 10.1. The Hall–Kier alpha value is -2.80. The third kappa shape index (κ3) is 4.36. The normalized spacial score (nSPS) is 17.6. The average Bonchev–Trinajstić information content (AvgIpc) is 3.24. The number of methoxy groups -OCH3 is 1. The van der Waals surface area contributed by atoms with Crippen molar-refractivity contribution in [2.45, 2.75) is 31.7 Å². The van der Waals surface area contributed by atoms with Crippen molar-refractivity contribution in [1.29, 1.82) is 0 Å². The fourth-order valence-electron chi connectivity index (χ4n) is 3.83. The van der Waals surface area contributed by atoms with E-state index >= 15 is 0 Å². The molecule has 2 amide bonds. The van der Waals surface area contributed by atoms with Crippen molar-refractivity contribution < 1.29 is 19.1 Å². The highest BCUT2D eigenvalue weighted by Gasteiger charge is 2.32. The molecule has 2 aromatic rings. The zero-order chi connectivity index (χ0) is 21.1. The molecule has 7 heteroatoms. The van der Waals surface area contributed by atoms with E-state index in [-0.39, 0.29) is 30.2 Å². The second-order valence-corrected chi connectivity index (χ2v) is 8.27. The second kappa shape index (κ2) is 8.92. The number of nitrogens with zero attached hydrogens (tertiary/aromatic N) is 1. The van der Waals surface area contributed by atoms with Crippen LogP contribution in [0.25, 0.3) is 6.08 Å². The van der Waals surface area contributed by atoms with Crippen LogP contribution in [0.15, 0.2) is 52.7 Å². The van der Waals surface area contributed by atoms with E-state index in [2.05, 4.69) is 21.2 Å². The summed E-state index contributed by atoms with van der Waals surface area (Å²) in [6, 6.07) is 12.9. The van der Waals surface area contributed by atoms with Gasteiger partial charge >= 0.3 is 0 Å². The van der Waals surface area contributed by atoms with Crippen LogP contribution in [0.4, 0.5) is 5.69 Å². The molecular formula is C23H23BrN2O4. The summed E-state index contributed by atoms with van der Waals surface area (Å²) in [7, 11) is 1.59. The number of carbonyl (C=O) groups is 2. The van der Waals surface area contributed by atoms with E-state index in [4.69, 9.17) is 9.47 Å². The summed E-state index contributed by atoms with van der Waals surface area (Å²) in [6.45, 7) is -0.0423. The average molecular weight is 471 g/mol. The van der Waals surface area contributed by atoms with Crippen LogP contribution >= 0.6 is 15.9 Å². The first-order valence-electron chi connectivity index (χ1n) is 9.98. The van der Waals surface area contributed by atoms with E-state index in [0.29, 0.717) is 17.2 Å².